The molecule has 2 heteroatoms. The van der Waals surface area contributed by atoms with Crippen LogP contribution in [0.1, 0.15) is 45.4 Å². The van der Waals surface area contributed by atoms with Crippen molar-refractivity contribution in [1.29, 1.82) is 0 Å². The monoisotopic (exact) mass is 170 g/mol. The van der Waals surface area contributed by atoms with Crippen LogP contribution in [-0.4, -0.2) is 11.1 Å². The van der Waals surface area contributed by atoms with E-state index in [0.29, 0.717) is 6.42 Å². The quantitative estimate of drug-likeness (QED) is 0.471. The van der Waals surface area contributed by atoms with Crippen LogP contribution >= 0.6 is 0 Å². The molecule has 0 amide bonds. The molecule has 0 spiro atoms. The summed E-state index contributed by atoms with van der Waals surface area (Å²) in [6.45, 7) is 2.17. The first-order chi connectivity index (χ1) is 5.77. The summed E-state index contributed by atoms with van der Waals surface area (Å²) in [4.78, 5) is 10.1. The van der Waals surface area contributed by atoms with Gasteiger partial charge in [0.2, 0.25) is 0 Å². The van der Waals surface area contributed by atoms with Crippen LogP contribution in [0, 0.1) is 0 Å². The van der Waals surface area contributed by atoms with Gasteiger partial charge in [-0.05, 0) is 19.3 Å². The van der Waals surface area contributed by atoms with Gasteiger partial charge in [0.1, 0.15) is 0 Å². The van der Waals surface area contributed by atoms with Crippen molar-refractivity contribution in [2.45, 2.75) is 45.4 Å². The third-order valence-electron chi connectivity index (χ3n) is 1.67. The van der Waals surface area contributed by atoms with E-state index >= 15 is 0 Å². The van der Waals surface area contributed by atoms with E-state index in [-0.39, 0.29) is 6.42 Å². The minimum absolute atomic E-state index is 0.254. The zero-order chi connectivity index (χ0) is 9.23. The highest BCUT2D eigenvalue weighted by Crippen LogP contribution is 2.00. The first-order valence-corrected chi connectivity index (χ1v) is 4.64. The smallest absolute Gasteiger partial charge is 0.303 e. The Morgan fingerprint density at radius 2 is 1.92 bits per heavy atom. The highest BCUT2D eigenvalue weighted by molar-refractivity contribution is 5.66. The van der Waals surface area contributed by atoms with E-state index in [0.717, 1.165) is 6.42 Å². The molecule has 0 bridgehead atoms. The fraction of sp³-hybridized carbons (Fsp3) is 0.700. The van der Waals surface area contributed by atoms with Crippen LogP contribution in [0.15, 0.2) is 12.2 Å². The second-order valence-electron chi connectivity index (χ2n) is 2.90. The fourth-order valence-corrected chi connectivity index (χ4v) is 0.955. The number of hydrogen-bond donors (Lipinski definition) is 1. The maximum Gasteiger partial charge on any atom is 0.303 e. The summed E-state index contributed by atoms with van der Waals surface area (Å²) in [7, 11) is 0. The van der Waals surface area contributed by atoms with Crippen LogP contribution in [0.25, 0.3) is 0 Å². The summed E-state index contributed by atoms with van der Waals surface area (Å²) in [5.41, 5.74) is 0. The van der Waals surface area contributed by atoms with Crippen LogP contribution in [-0.2, 0) is 4.79 Å². The van der Waals surface area contributed by atoms with Crippen LogP contribution < -0.4 is 0 Å². The van der Waals surface area contributed by atoms with Crippen LogP contribution in [0.2, 0.25) is 0 Å². The lowest BCUT2D eigenvalue weighted by Gasteiger charge is -1.91. The average Bonchev–Trinajstić information content (AvgIpc) is 2.02. The van der Waals surface area contributed by atoms with Gasteiger partial charge in [-0.25, -0.2) is 0 Å². The van der Waals surface area contributed by atoms with Gasteiger partial charge in [-0.15, -0.1) is 0 Å². The van der Waals surface area contributed by atoms with E-state index in [1.165, 1.54) is 19.3 Å². The number of aliphatic carboxylic acids is 1. The Hall–Kier alpha value is -0.790. The molecule has 0 radical (unpaired) electrons. The molecular formula is C10H18O2. The Bertz CT molecular complexity index is 139. The molecule has 0 aromatic rings. The molecule has 0 aromatic heterocycles. The summed E-state index contributed by atoms with van der Waals surface area (Å²) >= 11 is 0. The Kier molecular flexibility index (Phi) is 7.76. The first-order valence-electron chi connectivity index (χ1n) is 4.64. The van der Waals surface area contributed by atoms with Crippen molar-refractivity contribution in [3.8, 4) is 0 Å². The second kappa shape index (κ2) is 8.31. The Morgan fingerprint density at radius 3 is 2.50 bits per heavy atom. The first kappa shape index (κ1) is 11.2. The molecule has 1 N–H and O–H groups in total. The number of rotatable bonds is 7. The maximum absolute atomic E-state index is 10.1. The molecule has 0 aliphatic heterocycles. The molecule has 0 fully saturated rings. The predicted octanol–water partition coefficient (Wildman–Crippen LogP) is 2.99. The summed E-state index contributed by atoms with van der Waals surface area (Å²) in [6.07, 6.45) is 9.79. The molecule has 0 saturated carbocycles. The van der Waals surface area contributed by atoms with Gasteiger partial charge < -0.3 is 5.11 Å². The topological polar surface area (TPSA) is 37.3 Å². The van der Waals surface area contributed by atoms with Gasteiger partial charge in [0.05, 0.1) is 0 Å². The number of carbonyl (C=O) groups is 1. The molecular weight excluding hydrogens is 152 g/mol. The number of carboxylic acids is 1. The van der Waals surface area contributed by atoms with Gasteiger partial charge in [-0.1, -0.05) is 31.9 Å². The van der Waals surface area contributed by atoms with E-state index in [1.807, 2.05) is 6.08 Å². The summed E-state index contributed by atoms with van der Waals surface area (Å²) < 4.78 is 0. The van der Waals surface area contributed by atoms with Gasteiger partial charge >= 0.3 is 5.97 Å². The minimum atomic E-state index is -0.715. The fourth-order valence-electron chi connectivity index (χ4n) is 0.955. The third-order valence-corrected chi connectivity index (χ3v) is 1.67. The van der Waals surface area contributed by atoms with Crippen molar-refractivity contribution in [2.24, 2.45) is 0 Å². The van der Waals surface area contributed by atoms with Crippen molar-refractivity contribution >= 4 is 5.97 Å². The SMILES string of the molecule is CCCCC/C=C\CCC(=O)O. The molecule has 0 heterocycles. The summed E-state index contributed by atoms with van der Waals surface area (Å²) in [5.74, 6) is -0.715. The lowest BCUT2D eigenvalue weighted by molar-refractivity contribution is -0.136. The highest BCUT2D eigenvalue weighted by atomic mass is 16.4. The molecule has 0 aliphatic rings. The number of hydrogen-bond acceptors (Lipinski definition) is 1. The van der Waals surface area contributed by atoms with Crippen molar-refractivity contribution in [3.05, 3.63) is 12.2 Å². The van der Waals surface area contributed by atoms with Crippen molar-refractivity contribution in [3.63, 3.8) is 0 Å². The van der Waals surface area contributed by atoms with E-state index in [2.05, 4.69) is 13.0 Å². The standard InChI is InChI=1S/C10H18O2/c1-2-3-4-5-6-7-8-9-10(11)12/h6-7H,2-5,8-9H2,1H3,(H,11,12)/b7-6-. The maximum atomic E-state index is 10.1. The normalized spacial score (nSPS) is 10.8. The Balaban J connectivity index is 3.09. The number of unbranched alkanes of at least 4 members (excludes halogenated alkanes) is 3. The molecule has 12 heavy (non-hydrogen) atoms. The molecule has 0 unspecified atom stereocenters. The van der Waals surface area contributed by atoms with E-state index in [9.17, 15) is 4.79 Å². The molecule has 0 atom stereocenters. The van der Waals surface area contributed by atoms with Gasteiger partial charge in [-0.2, -0.15) is 0 Å². The van der Waals surface area contributed by atoms with Crippen molar-refractivity contribution in [1.82, 2.24) is 0 Å². The lowest BCUT2D eigenvalue weighted by Crippen LogP contribution is -1.91. The minimum Gasteiger partial charge on any atom is -0.481 e. The van der Waals surface area contributed by atoms with E-state index in [4.69, 9.17) is 5.11 Å². The third kappa shape index (κ3) is 9.21. The number of allylic oxidation sites excluding steroid dienone is 2. The molecule has 0 aromatic carbocycles. The number of carboxylic acid groups (broad SMARTS) is 1. The molecule has 0 saturated heterocycles. The molecule has 70 valence electrons. The van der Waals surface area contributed by atoms with E-state index < -0.39 is 5.97 Å². The van der Waals surface area contributed by atoms with Gasteiger partial charge in [-0.3, -0.25) is 4.79 Å². The Labute approximate surface area is 74.3 Å². The summed E-state index contributed by atoms with van der Waals surface area (Å²) in [6, 6.07) is 0. The Morgan fingerprint density at radius 1 is 1.25 bits per heavy atom. The van der Waals surface area contributed by atoms with Gasteiger partial charge in [0.25, 0.3) is 0 Å². The van der Waals surface area contributed by atoms with Crippen LogP contribution in [0.4, 0.5) is 0 Å². The predicted molar refractivity (Wildman–Crippen MR) is 50.2 cm³/mol. The van der Waals surface area contributed by atoms with Gasteiger partial charge in [0, 0.05) is 6.42 Å². The second-order valence-corrected chi connectivity index (χ2v) is 2.90. The van der Waals surface area contributed by atoms with Crippen LogP contribution in [0.5, 0.6) is 0 Å². The molecule has 0 aliphatic carbocycles. The zero-order valence-corrected chi connectivity index (χ0v) is 7.75. The van der Waals surface area contributed by atoms with Gasteiger partial charge in [0.15, 0.2) is 0 Å². The zero-order valence-electron chi connectivity index (χ0n) is 7.75. The van der Waals surface area contributed by atoms with Crippen molar-refractivity contribution < 1.29 is 9.90 Å². The molecule has 0 rings (SSSR count). The largest absolute Gasteiger partial charge is 0.481 e. The average molecular weight is 170 g/mol. The van der Waals surface area contributed by atoms with Crippen LogP contribution in [0.3, 0.4) is 0 Å². The van der Waals surface area contributed by atoms with Crippen molar-refractivity contribution in [2.75, 3.05) is 0 Å². The van der Waals surface area contributed by atoms with E-state index in [1.54, 1.807) is 0 Å². The summed E-state index contributed by atoms with van der Waals surface area (Å²) in [5, 5.41) is 8.32. The highest BCUT2D eigenvalue weighted by Gasteiger charge is 1.91. The molecule has 2 nitrogen and oxygen atoms in total. The lowest BCUT2D eigenvalue weighted by atomic mass is 10.2.